The van der Waals surface area contributed by atoms with Crippen molar-refractivity contribution in [3.63, 3.8) is 0 Å². The first-order valence-corrected chi connectivity index (χ1v) is 9.59. The van der Waals surface area contributed by atoms with Gasteiger partial charge in [-0.05, 0) is 41.2 Å². The van der Waals surface area contributed by atoms with Crippen molar-refractivity contribution in [1.29, 1.82) is 0 Å². The number of fused-ring (bicyclic) bond motifs is 2. The van der Waals surface area contributed by atoms with E-state index in [0.717, 1.165) is 16.7 Å². The Morgan fingerprint density at radius 3 is 2.50 bits per heavy atom. The Morgan fingerprint density at radius 2 is 1.67 bits per heavy atom. The van der Waals surface area contributed by atoms with Gasteiger partial charge < -0.3 is 5.11 Å². The molecule has 2 atom stereocenters. The maximum Gasteiger partial charge on any atom is 0.237 e. The van der Waals surface area contributed by atoms with Crippen molar-refractivity contribution in [3.05, 3.63) is 75.7 Å². The van der Waals surface area contributed by atoms with Crippen LogP contribution in [0.3, 0.4) is 0 Å². The zero-order chi connectivity index (χ0) is 16.7. The molecule has 2 aromatic carbocycles. The third-order valence-electron chi connectivity index (χ3n) is 4.84. The van der Waals surface area contributed by atoms with Gasteiger partial charge in [-0.1, -0.05) is 48.5 Å². The van der Waals surface area contributed by atoms with Crippen molar-refractivity contribution < 1.29 is 13.5 Å². The molecule has 2 aromatic rings. The van der Waals surface area contributed by atoms with Crippen molar-refractivity contribution in [2.45, 2.75) is 31.4 Å². The van der Waals surface area contributed by atoms with Crippen LogP contribution < -0.4 is 4.72 Å². The smallest absolute Gasteiger partial charge is 0.237 e. The molecule has 2 unspecified atom stereocenters. The molecule has 0 radical (unpaired) electrons. The molecular weight excluding hydrogens is 322 g/mol. The number of aryl methyl sites for hydroxylation is 1. The molecule has 0 amide bonds. The third kappa shape index (κ3) is 2.69. The van der Waals surface area contributed by atoms with Gasteiger partial charge in [0.05, 0.1) is 17.1 Å². The quantitative estimate of drug-likeness (QED) is 0.902. The summed E-state index contributed by atoms with van der Waals surface area (Å²) in [5.41, 5.74) is 3.99. The van der Waals surface area contributed by atoms with E-state index in [0.29, 0.717) is 24.2 Å². The van der Waals surface area contributed by atoms with Crippen LogP contribution in [0.2, 0.25) is 0 Å². The molecule has 124 valence electrons. The molecule has 2 aliphatic rings. The van der Waals surface area contributed by atoms with Gasteiger partial charge >= 0.3 is 0 Å². The van der Waals surface area contributed by atoms with E-state index in [-0.39, 0.29) is 0 Å². The number of aliphatic hydroxyl groups is 1. The molecule has 0 saturated heterocycles. The standard InChI is InChI=1S/C19H19NO3S/c21-18-12-15-7-3-4-8-17(15)19(18)20-24(22,23)16-10-9-13-5-1-2-6-14(13)11-16/h1-8,11,18-21H,9-10,12H2. The fourth-order valence-corrected chi connectivity index (χ4v) is 5.00. The number of allylic oxidation sites excluding steroid dienone is 1. The van der Waals surface area contributed by atoms with E-state index in [1.54, 1.807) is 6.08 Å². The Bertz CT molecular complexity index is 918. The largest absolute Gasteiger partial charge is 0.391 e. The first-order chi connectivity index (χ1) is 11.5. The Hall–Kier alpha value is -1.95. The molecule has 24 heavy (non-hydrogen) atoms. The molecule has 2 N–H and O–H groups in total. The lowest BCUT2D eigenvalue weighted by atomic mass is 9.98. The van der Waals surface area contributed by atoms with Gasteiger partial charge in [0.15, 0.2) is 0 Å². The number of benzene rings is 2. The second-order valence-electron chi connectivity index (χ2n) is 6.38. The Labute approximate surface area is 141 Å². The van der Waals surface area contributed by atoms with Gasteiger partial charge in [0.2, 0.25) is 10.0 Å². The van der Waals surface area contributed by atoms with Crippen molar-refractivity contribution in [2.24, 2.45) is 0 Å². The van der Waals surface area contributed by atoms with Crippen molar-refractivity contribution in [3.8, 4) is 0 Å². The summed E-state index contributed by atoms with van der Waals surface area (Å²) >= 11 is 0. The lowest BCUT2D eigenvalue weighted by Gasteiger charge is -2.21. The van der Waals surface area contributed by atoms with E-state index >= 15 is 0 Å². The zero-order valence-electron chi connectivity index (χ0n) is 13.1. The van der Waals surface area contributed by atoms with E-state index in [2.05, 4.69) is 4.72 Å². The van der Waals surface area contributed by atoms with Crippen molar-refractivity contribution in [2.75, 3.05) is 0 Å². The average molecular weight is 341 g/mol. The highest BCUT2D eigenvalue weighted by Crippen LogP contribution is 2.34. The van der Waals surface area contributed by atoms with Gasteiger partial charge in [-0.2, -0.15) is 0 Å². The summed E-state index contributed by atoms with van der Waals surface area (Å²) < 4.78 is 28.3. The van der Waals surface area contributed by atoms with E-state index in [9.17, 15) is 13.5 Å². The number of hydrogen-bond donors (Lipinski definition) is 2. The Morgan fingerprint density at radius 1 is 0.958 bits per heavy atom. The van der Waals surface area contributed by atoms with Crippen LogP contribution in [0.15, 0.2) is 53.4 Å². The summed E-state index contributed by atoms with van der Waals surface area (Å²) in [6.07, 6.45) is 2.69. The Balaban J connectivity index is 1.64. The Kier molecular flexibility index (Phi) is 3.79. The van der Waals surface area contributed by atoms with Gasteiger partial charge in [-0.3, -0.25) is 0 Å². The molecule has 0 spiro atoms. The minimum Gasteiger partial charge on any atom is -0.391 e. The molecule has 0 aliphatic heterocycles. The molecule has 0 bridgehead atoms. The van der Waals surface area contributed by atoms with E-state index in [1.807, 2.05) is 48.5 Å². The monoisotopic (exact) mass is 341 g/mol. The van der Waals surface area contributed by atoms with E-state index < -0.39 is 22.2 Å². The SMILES string of the molecule is O=S(=O)(NC1c2ccccc2CC1O)C1=Cc2ccccc2CC1. The summed E-state index contributed by atoms with van der Waals surface area (Å²) in [6, 6.07) is 14.8. The average Bonchev–Trinajstić information content (AvgIpc) is 2.90. The second-order valence-corrected chi connectivity index (χ2v) is 8.15. The number of rotatable bonds is 3. The van der Waals surface area contributed by atoms with Gasteiger partial charge in [0.25, 0.3) is 0 Å². The predicted molar refractivity (Wildman–Crippen MR) is 93.7 cm³/mol. The van der Waals surface area contributed by atoms with Crippen LogP contribution in [0.5, 0.6) is 0 Å². The number of sulfonamides is 1. The summed E-state index contributed by atoms with van der Waals surface area (Å²) in [4.78, 5) is 0.387. The summed E-state index contributed by atoms with van der Waals surface area (Å²) in [5.74, 6) is 0. The van der Waals surface area contributed by atoms with Gasteiger partial charge in [0, 0.05) is 6.42 Å². The fraction of sp³-hybridized carbons (Fsp3) is 0.263. The molecular formula is C19H19NO3S. The first-order valence-electron chi connectivity index (χ1n) is 8.11. The lowest BCUT2D eigenvalue weighted by molar-refractivity contribution is 0.152. The maximum atomic E-state index is 12.8. The predicted octanol–water partition coefficient (Wildman–Crippen LogP) is 2.55. The van der Waals surface area contributed by atoms with Crippen LogP contribution in [-0.2, 0) is 22.9 Å². The van der Waals surface area contributed by atoms with Crippen molar-refractivity contribution in [1.82, 2.24) is 4.72 Å². The summed E-state index contributed by atoms with van der Waals surface area (Å²) in [6.45, 7) is 0. The zero-order valence-corrected chi connectivity index (χ0v) is 14.0. The third-order valence-corrected chi connectivity index (χ3v) is 6.42. The molecule has 5 heteroatoms. The highest BCUT2D eigenvalue weighted by atomic mass is 32.2. The maximum absolute atomic E-state index is 12.8. The topological polar surface area (TPSA) is 66.4 Å². The van der Waals surface area contributed by atoms with Crippen LogP contribution in [0, 0.1) is 0 Å². The van der Waals surface area contributed by atoms with Crippen LogP contribution >= 0.6 is 0 Å². The molecule has 2 aliphatic carbocycles. The lowest BCUT2D eigenvalue weighted by Crippen LogP contribution is -2.35. The van der Waals surface area contributed by atoms with Crippen LogP contribution in [0.1, 0.15) is 34.7 Å². The van der Waals surface area contributed by atoms with Crippen LogP contribution in [-0.4, -0.2) is 19.6 Å². The molecule has 4 nitrogen and oxygen atoms in total. The number of hydrogen-bond acceptors (Lipinski definition) is 3. The highest BCUT2D eigenvalue weighted by molar-refractivity contribution is 7.93. The normalized spacial score (nSPS) is 22.6. The van der Waals surface area contributed by atoms with E-state index in [4.69, 9.17) is 0 Å². The molecule has 0 saturated carbocycles. The molecule has 0 aromatic heterocycles. The van der Waals surface area contributed by atoms with Gasteiger partial charge in [-0.15, -0.1) is 0 Å². The van der Waals surface area contributed by atoms with E-state index in [1.165, 1.54) is 5.56 Å². The summed E-state index contributed by atoms with van der Waals surface area (Å²) in [5, 5.41) is 10.3. The van der Waals surface area contributed by atoms with Crippen LogP contribution in [0.4, 0.5) is 0 Å². The van der Waals surface area contributed by atoms with Gasteiger partial charge in [-0.25, -0.2) is 13.1 Å². The van der Waals surface area contributed by atoms with Crippen molar-refractivity contribution >= 4 is 16.1 Å². The van der Waals surface area contributed by atoms with Gasteiger partial charge in [0.1, 0.15) is 0 Å². The second kappa shape index (κ2) is 5.84. The molecule has 4 rings (SSSR count). The highest BCUT2D eigenvalue weighted by Gasteiger charge is 2.35. The van der Waals surface area contributed by atoms with Crippen LogP contribution in [0.25, 0.3) is 6.08 Å². The molecule has 0 fully saturated rings. The minimum absolute atomic E-state index is 0.387. The first kappa shape index (κ1) is 15.6. The minimum atomic E-state index is -3.63. The molecule has 0 heterocycles. The number of aliphatic hydroxyl groups excluding tert-OH is 1. The number of nitrogens with one attached hydrogen (secondary N) is 1. The summed E-state index contributed by atoms with van der Waals surface area (Å²) in [7, 11) is -3.63. The fourth-order valence-electron chi connectivity index (χ4n) is 3.58.